The van der Waals surface area contributed by atoms with Crippen molar-refractivity contribution < 1.29 is 14.7 Å². The number of carboxylic acid groups (broad SMARTS) is 1. The molecular weight excluding hydrogens is 282 g/mol. The van der Waals surface area contributed by atoms with Crippen LogP contribution in [0.25, 0.3) is 0 Å². The zero-order valence-electron chi connectivity index (χ0n) is 14.2. The molecule has 1 unspecified atom stereocenters. The van der Waals surface area contributed by atoms with Crippen LogP contribution in [-0.2, 0) is 4.79 Å². The predicted molar refractivity (Wildman–Crippen MR) is 85.0 cm³/mol. The van der Waals surface area contributed by atoms with E-state index in [0.29, 0.717) is 12.1 Å². The molecule has 0 saturated carbocycles. The molecule has 0 aliphatic carbocycles. The van der Waals surface area contributed by atoms with Gasteiger partial charge in [0.05, 0.1) is 6.04 Å². The SMILES string of the molecule is CCC(C)N(CC(=O)O)C(=O)c1cc(C)n(C(CC)CC)n1. The molecule has 124 valence electrons. The van der Waals surface area contributed by atoms with Crippen molar-refractivity contribution in [2.75, 3.05) is 6.54 Å². The minimum absolute atomic E-state index is 0.137. The molecule has 0 aliphatic rings. The lowest BCUT2D eigenvalue weighted by atomic mass is 10.2. The van der Waals surface area contributed by atoms with E-state index in [1.165, 1.54) is 4.90 Å². The van der Waals surface area contributed by atoms with Crippen LogP contribution in [0.4, 0.5) is 0 Å². The lowest BCUT2D eigenvalue weighted by Gasteiger charge is -2.26. The maximum Gasteiger partial charge on any atom is 0.323 e. The molecule has 1 atom stereocenters. The Morgan fingerprint density at radius 1 is 1.27 bits per heavy atom. The fraction of sp³-hybridized carbons (Fsp3) is 0.688. The maximum absolute atomic E-state index is 12.6. The highest BCUT2D eigenvalue weighted by Crippen LogP contribution is 2.19. The summed E-state index contributed by atoms with van der Waals surface area (Å²) in [5.41, 5.74) is 1.25. The van der Waals surface area contributed by atoms with Crippen molar-refractivity contribution in [2.24, 2.45) is 0 Å². The van der Waals surface area contributed by atoms with E-state index in [2.05, 4.69) is 18.9 Å². The van der Waals surface area contributed by atoms with Crippen molar-refractivity contribution in [3.63, 3.8) is 0 Å². The first-order chi connectivity index (χ1) is 10.3. The third-order valence-corrected chi connectivity index (χ3v) is 4.12. The van der Waals surface area contributed by atoms with Gasteiger partial charge in [-0.3, -0.25) is 14.3 Å². The van der Waals surface area contributed by atoms with E-state index >= 15 is 0 Å². The summed E-state index contributed by atoms with van der Waals surface area (Å²) in [6.07, 6.45) is 2.58. The maximum atomic E-state index is 12.6. The molecule has 1 N–H and O–H groups in total. The average molecular weight is 309 g/mol. The van der Waals surface area contributed by atoms with Crippen molar-refractivity contribution in [1.82, 2.24) is 14.7 Å². The van der Waals surface area contributed by atoms with Gasteiger partial charge in [0.1, 0.15) is 6.54 Å². The fourth-order valence-electron chi connectivity index (χ4n) is 2.54. The van der Waals surface area contributed by atoms with Gasteiger partial charge in [-0.15, -0.1) is 0 Å². The predicted octanol–water partition coefficient (Wildman–Crippen LogP) is 2.88. The van der Waals surface area contributed by atoms with E-state index < -0.39 is 5.97 Å². The van der Waals surface area contributed by atoms with Crippen LogP contribution in [0.2, 0.25) is 0 Å². The van der Waals surface area contributed by atoms with Crippen LogP contribution in [0.1, 0.15) is 69.2 Å². The molecular formula is C16H27N3O3. The van der Waals surface area contributed by atoms with Gasteiger partial charge in [0.15, 0.2) is 5.69 Å². The highest BCUT2D eigenvalue weighted by Gasteiger charge is 2.26. The van der Waals surface area contributed by atoms with Gasteiger partial charge in [-0.05, 0) is 39.2 Å². The molecule has 0 fully saturated rings. The van der Waals surface area contributed by atoms with E-state index in [1.807, 2.05) is 25.5 Å². The van der Waals surface area contributed by atoms with Crippen LogP contribution in [-0.4, -0.2) is 44.3 Å². The molecule has 0 radical (unpaired) electrons. The normalized spacial score (nSPS) is 12.5. The summed E-state index contributed by atoms with van der Waals surface area (Å²) in [7, 11) is 0. The second-order valence-electron chi connectivity index (χ2n) is 5.67. The molecule has 22 heavy (non-hydrogen) atoms. The summed E-state index contributed by atoms with van der Waals surface area (Å²) in [4.78, 5) is 25.0. The van der Waals surface area contributed by atoms with E-state index in [4.69, 9.17) is 5.11 Å². The molecule has 6 heteroatoms. The first kappa shape index (κ1) is 18.2. The summed E-state index contributed by atoms with van der Waals surface area (Å²) >= 11 is 0. The number of aryl methyl sites for hydroxylation is 1. The summed E-state index contributed by atoms with van der Waals surface area (Å²) in [5, 5.41) is 13.5. The van der Waals surface area contributed by atoms with Crippen molar-refractivity contribution in [1.29, 1.82) is 0 Å². The van der Waals surface area contributed by atoms with Gasteiger partial charge in [0.25, 0.3) is 5.91 Å². The second kappa shape index (κ2) is 7.96. The van der Waals surface area contributed by atoms with E-state index in [0.717, 1.165) is 18.5 Å². The highest BCUT2D eigenvalue weighted by atomic mass is 16.4. The lowest BCUT2D eigenvalue weighted by Crippen LogP contribution is -2.42. The van der Waals surface area contributed by atoms with Gasteiger partial charge < -0.3 is 10.0 Å². The molecule has 1 aromatic rings. The minimum Gasteiger partial charge on any atom is -0.480 e. The number of carbonyl (C=O) groups is 2. The lowest BCUT2D eigenvalue weighted by molar-refractivity contribution is -0.138. The first-order valence-electron chi connectivity index (χ1n) is 7.94. The zero-order chi connectivity index (χ0) is 16.9. The third kappa shape index (κ3) is 4.08. The molecule has 0 bridgehead atoms. The van der Waals surface area contributed by atoms with Gasteiger partial charge in [0, 0.05) is 11.7 Å². The van der Waals surface area contributed by atoms with Crippen LogP contribution in [0.5, 0.6) is 0 Å². The largest absolute Gasteiger partial charge is 0.480 e. The number of amides is 1. The average Bonchev–Trinajstić information content (AvgIpc) is 2.86. The Balaban J connectivity index is 3.09. The first-order valence-corrected chi connectivity index (χ1v) is 7.94. The molecule has 1 amide bonds. The molecule has 1 rings (SSSR count). The summed E-state index contributed by atoms with van der Waals surface area (Å²) < 4.78 is 1.88. The zero-order valence-corrected chi connectivity index (χ0v) is 14.2. The Morgan fingerprint density at radius 2 is 1.86 bits per heavy atom. The topological polar surface area (TPSA) is 75.4 Å². The molecule has 0 aliphatic heterocycles. The van der Waals surface area contributed by atoms with Crippen LogP contribution < -0.4 is 0 Å². The highest BCUT2D eigenvalue weighted by molar-refractivity contribution is 5.94. The summed E-state index contributed by atoms with van der Waals surface area (Å²) in [6, 6.07) is 1.87. The van der Waals surface area contributed by atoms with Gasteiger partial charge in [-0.2, -0.15) is 5.10 Å². The van der Waals surface area contributed by atoms with Crippen LogP contribution in [0, 0.1) is 6.92 Å². The molecule has 0 spiro atoms. The molecule has 0 aromatic carbocycles. The van der Waals surface area contributed by atoms with E-state index in [-0.39, 0.29) is 24.5 Å². The number of carbonyl (C=O) groups excluding carboxylic acids is 1. The van der Waals surface area contributed by atoms with Gasteiger partial charge in [-0.1, -0.05) is 20.8 Å². The van der Waals surface area contributed by atoms with E-state index in [1.54, 1.807) is 6.07 Å². The Labute approximate surface area is 132 Å². The van der Waals surface area contributed by atoms with Gasteiger partial charge in [-0.25, -0.2) is 0 Å². The van der Waals surface area contributed by atoms with E-state index in [9.17, 15) is 9.59 Å². The van der Waals surface area contributed by atoms with Crippen LogP contribution in [0.3, 0.4) is 0 Å². The number of aliphatic carboxylic acids is 1. The number of hydrogen-bond donors (Lipinski definition) is 1. The Bertz CT molecular complexity index is 521. The van der Waals surface area contributed by atoms with Crippen molar-refractivity contribution >= 4 is 11.9 Å². The van der Waals surface area contributed by atoms with Gasteiger partial charge >= 0.3 is 5.97 Å². The second-order valence-corrected chi connectivity index (χ2v) is 5.67. The number of aromatic nitrogens is 2. The number of hydrogen-bond acceptors (Lipinski definition) is 3. The quantitative estimate of drug-likeness (QED) is 0.801. The van der Waals surface area contributed by atoms with Crippen molar-refractivity contribution in [3.05, 3.63) is 17.5 Å². The standard InChI is InChI=1S/C16H27N3O3/c1-6-11(4)18(10-15(20)21)16(22)14-9-12(5)19(17-14)13(7-2)8-3/h9,11,13H,6-8,10H2,1-5H3,(H,20,21). The van der Waals surface area contributed by atoms with Crippen LogP contribution in [0.15, 0.2) is 6.07 Å². The smallest absolute Gasteiger partial charge is 0.323 e. The Hall–Kier alpha value is -1.85. The summed E-state index contributed by atoms with van der Waals surface area (Å²) in [6.45, 7) is 9.59. The third-order valence-electron chi connectivity index (χ3n) is 4.12. The number of carboxylic acids is 1. The number of rotatable bonds is 8. The Kier molecular flexibility index (Phi) is 6.59. The van der Waals surface area contributed by atoms with Gasteiger partial charge in [0.2, 0.25) is 0 Å². The molecule has 0 saturated heterocycles. The molecule has 1 aromatic heterocycles. The monoisotopic (exact) mass is 309 g/mol. The summed E-state index contributed by atoms with van der Waals surface area (Å²) in [5.74, 6) is -1.32. The minimum atomic E-state index is -1.01. The Morgan fingerprint density at radius 3 is 2.32 bits per heavy atom. The van der Waals surface area contributed by atoms with Crippen LogP contribution >= 0.6 is 0 Å². The van der Waals surface area contributed by atoms with Crippen molar-refractivity contribution in [3.8, 4) is 0 Å². The van der Waals surface area contributed by atoms with Crippen molar-refractivity contribution in [2.45, 2.75) is 66.0 Å². The molecule has 6 nitrogen and oxygen atoms in total. The fourth-order valence-corrected chi connectivity index (χ4v) is 2.54. The number of nitrogens with zero attached hydrogens (tertiary/aromatic N) is 3. The molecule has 1 heterocycles.